The average Bonchev–Trinajstić information content (AvgIpc) is 3.03. The zero-order valence-corrected chi connectivity index (χ0v) is 12.9. The van der Waals surface area contributed by atoms with E-state index in [-0.39, 0.29) is 31.1 Å². The van der Waals surface area contributed by atoms with Crippen molar-refractivity contribution >= 4 is 28.3 Å². The summed E-state index contributed by atoms with van der Waals surface area (Å²) in [5, 5.41) is 6.87. The maximum atomic E-state index is 12.3. The molecule has 3 rings (SSSR count). The smallest absolute Gasteiger partial charge is 0.330 e. The first kappa shape index (κ1) is 15.2. The fourth-order valence-corrected chi connectivity index (χ4v) is 2.90. The standard InChI is InChI=1S/C15H14N4O3S/c20-12(8-10-3-7-23-9-10)16-5-6-19-14(21)11-2-1-4-17-13(11)18-15(19)22/h1-4,7,9H,5-6,8H2,(H,16,20)(H,17,18,22). The van der Waals surface area contributed by atoms with E-state index in [4.69, 9.17) is 0 Å². The van der Waals surface area contributed by atoms with Gasteiger partial charge in [-0.05, 0) is 34.5 Å². The summed E-state index contributed by atoms with van der Waals surface area (Å²) in [4.78, 5) is 42.5. The molecule has 1 amide bonds. The summed E-state index contributed by atoms with van der Waals surface area (Å²) < 4.78 is 1.06. The Morgan fingerprint density at radius 1 is 1.35 bits per heavy atom. The summed E-state index contributed by atoms with van der Waals surface area (Å²) in [6.45, 7) is 0.312. The van der Waals surface area contributed by atoms with Crippen molar-refractivity contribution < 1.29 is 4.79 Å². The first-order chi connectivity index (χ1) is 11.1. The van der Waals surface area contributed by atoms with Crippen molar-refractivity contribution in [3.63, 3.8) is 0 Å². The predicted molar refractivity (Wildman–Crippen MR) is 87.7 cm³/mol. The number of hydrogen-bond donors (Lipinski definition) is 2. The number of amides is 1. The van der Waals surface area contributed by atoms with Crippen LogP contribution >= 0.6 is 11.3 Å². The molecular weight excluding hydrogens is 316 g/mol. The van der Waals surface area contributed by atoms with Crippen LogP contribution in [0.2, 0.25) is 0 Å². The molecule has 3 aromatic rings. The maximum absolute atomic E-state index is 12.3. The van der Waals surface area contributed by atoms with Crippen LogP contribution in [-0.2, 0) is 17.8 Å². The molecular formula is C15H14N4O3S. The molecule has 8 heteroatoms. The van der Waals surface area contributed by atoms with Gasteiger partial charge in [0.15, 0.2) is 0 Å². The van der Waals surface area contributed by atoms with Gasteiger partial charge < -0.3 is 5.32 Å². The quantitative estimate of drug-likeness (QED) is 0.712. The highest BCUT2D eigenvalue weighted by Crippen LogP contribution is 2.06. The second-order valence-electron chi connectivity index (χ2n) is 4.94. The van der Waals surface area contributed by atoms with Gasteiger partial charge in [-0.3, -0.25) is 19.1 Å². The Morgan fingerprint density at radius 3 is 3.00 bits per heavy atom. The van der Waals surface area contributed by atoms with Crippen molar-refractivity contribution in [3.8, 4) is 0 Å². The molecule has 118 valence electrons. The Labute approximate surface area is 134 Å². The molecule has 0 atom stereocenters. The van der Waals surface area contributed by atoms with Gasteiger partial charge >= 0.3 is 5.69 Å². The number of nitrogens with zero attached hydrogens (tertiary/aromatic N) is 2. The normalized spacial score (nSPS) is 10.8. The van der Waals surface area contributed by atoms with E-state index < -0.39 is 11.2 Å². The second-order valence-corrected chi connectivity index (χ2v) is 5.72. The highest BCUT2D eigenvalue weighted by atomic mass is 32.1. The van der Waals surface area contributed by atoms with E-state index in [1.165, 1.54) is 17.5 Å². The van der Waals surface area contributed by atoms with E-state index >= 15 is 0 Å². The number of H-pyrrole nitrogens is 1. The van der Waals surface area contributed by atoms with Gasteiger partial charge in [-0.2, -0.15) is 11.3 Å². The number of rotatable bonds is 5. The van der Waals surface area contributed by atoms with Crippen molar-refractivity contribution in [3.05, 3.63) is 61.6 Å². The number of carbonyl (C=O) groups is 1. The average molecular weight is 330 g/mol. The van der Waals surface area contributed by atoms with Crippen LogP contribution < -0.4 is 16.6 Å². The summed E-state index contributed by atoms with van der Waals surface area (Å²) in [6.07, 6.45) is 1.79. The summed E-state index contributed by atoms with van der Waals surface area (Å²) >= 11 is 1.53. The van der Waals surface area contributed by atoms with Crippen LogP contribution in [0.15, 0.2) is 44.7 Å². The molecule has 23 heavy (non-hydrogen) atoms. The van der Waals surface area contributed by atoms with Gasteiger partial charge in [0.1, 0.15) is 5.65 Å². The third kappa shape index (κ3) is 3.37. The molecule has 0 saturated heterocycles. The highest BCUT2D eigenvalue weighted by molar-refractivity contribution is 7.07. The Morgan fingerprint density at radius 2 is 2.22 bits per heavy atom. The summed E-state index contributed by atoms with van der Waals surface area (Å²) in [6, 6.07) is 5.12. The van der Waals surface area contributed by atoms with Gasteiger partial charge in [0.05, 0.1) is 11.8 Å². The molecule has 0 aliphatic rings. The largest absolute Gasteiger partial charge is 0.354 e. The van der Waals surface area contributed by atoms with E-state index in [0.717, 1.165) is 10.1 Å². The first-order valence-corrected chi connectivity index (χ1v) is 7.95. The number of carbonyl (C=O) groups excluding carboxylic acids is 1. The molecule has 0 aliphatic carbocycles. The molecule has 0 fully saturated rings. The van der Waals surface area contributed by atoms with Crippen molar-refractivity contribution in [2.24, 2.45) is 0 Å². The maximum Gasteiger partial charge on any atom is 0.330 e. The van der Waals surface area contributed by atoms with E-state index in [1.807, 2.05) is 16.8 Å². The SMILES string of the molecule is O=C(Cc1ccsc1)NCCn1c(=O)[nH]c2ncccc2c1=O. The van der Waals surface area contributed by atoms with Crippen molar-refractivity contribution in [1.29, 1.82) is 0 Å². The van der Waals surface area contributed by atoms with E-state index in [1.54, 1.807) is 12.1 Å². The highest BCUT2D eigenvalue weighted by Gasteiger charge is 2.08. The Bertz CT molecular complexity index is 943. The van der Waals surface area contributed by atoms with Crippen LogP contribution in [0.5, 0.6) is 0 Å². The molecule has 0 saturated carbocycles. The number of hydrogen-bond acceptors (Lipinski definition) is 5. The van der Waals surface area contributed by atoms with Gasteiger partial charge in [-0.1, -0.05) is 0 Å². The minimum absolute atomic E-state index is 0.106. The number of fused-ring (bicyclic) bond motifs is 1. The molecule has 0 aromatic carbocycles. The molecule has 2 N–H and O–H groups in total. The van der Waals surface area contributed by atoms with E-state index in [2.05, 4.69) is 15.3 Å². The van der Waals surface area contributed by atoms with Crippen LogP contribution in [0, 0.1) is 0 Å². The Hall–Kier alpha value is -2.74. The Balaban J connectivity index is 1.69. The number of pyridine rings is 1. The first-order valence-electron chi connectivity index (χ1n) is 7.01. The van der Waals surface area contributed by atoms with Gasteiger partial charge in [0.25, 0.3) is 5.56 Å². The minimum Gasteiger partial charge on any atom is -0.354 e. The van der Waals surface area contributed by atoms with Crippen LogP contribution in [0.3, 0.4) is 0 Å². The van der Waals surface area contributed by atoms with E-state index in [9.17, 15) is 14.4 Å². The molecule has 0 unspecified atom stereocenters. The lowest BCUT2D eigenvalue weighted by molar-refractivity contribution is -0.120. The Kier molecular flexibility index (Phi) is 4.33. The number of aromatic amines is 1. The van der Waals surface area contributed by atoms with Gasteiger partial charge in [-0.25, -0.2) is 9.78 Å². The third-order valence-electron chi connectivity index (χ3n) is 3.36. The van der Waals surface area contributed by atoms with Gasteiger partial charge in [0, 0.05) is 19.3 Å². The van der Waals surface area contributed by atoms with E-state index in [0.29, 0.717) is 5.39 Å². The lowest BCUT2D eigenvalue weighted by Gasteiger charge is -2.07. The third-order valence-corrected chi connectivity index (χ3v) is 4.09. The molecule has 7 nitrogen and oxygen atoms in total. The second kappa shape index (κ2) is 6.57. The fourth-order valence-electron chi connectivity index (χ4n) is 2.24. The van der Waals surface area contributed by atoms with Crippen LogP contribution in [-0.4, -0.2) is 27.0 Å². The molecule has 0 radical (unpaired) electrons. The molecule has 3 aromatic heterocycles. The van der Waals surface area contributed by atoms with Crippen molar-refractivity contribution in [2.45, 2.75) is 13.0 Å². The zero-order chi connectivity index (χ0) is 16.2. The molecule has 0 spiro atoms. The lowest BCUT2D eigenvalue weighted by atomic mass is 10.2. The van der Waals surface area contributed by atoms with Gasteiger partial charge in [0.2, 0.25) is 5.91 Å². The number of aromatic nitrogens is 3. The van der Waals surface area contributed by atoms with Crippen molar-refractivity contribution in [1.82, 2.24) is 19.9 Å². The summed E-state index contributed by atoms with van der Waals surface area (Å²) in [5.41, 5.74) is 0.261. The summed E-state index contributed by atoms with van der Waals surface area (Å²) in [7, 11) is 0. The summed E-state index contributed by atoms with van der Waals surface area (Å²) in [5.74, 6) is -0.143. The molecule has 3 heterocycles. The number of thiophene rings is 1. The number of nitrogens with one attached hydrogen (secondary N) is 2. The zero-order valence-electron chi connectivity index (χ0n) is 12.1. The molecule has 0 aliphatic heterocycles. The fraction of sp³-hybridized carbons (Fsp3) is 0.200. The van der Waals surface area contributed by atoms with Gasteiger partial charge in [-0.15, -0.1) is 0 Å². The monoisotopic (exact) mass is 330 g/mol. The predicted octanol–water partition coefficient (Wildman–Crippen LogP) is 0.505. The van der Waals surface area contributed by atoms with Crippen LogP contribution in [0.25, 0.3) is 11.0 Å². The topological polar surface area (TPSA) is 96.8 Å². The lowest BCUT2D eigenvalue weighted by Crippen LogP contribution is -2.39. The van der Waals surface area contributed by atoms with Crippen molar-refractivity contribution in [2.75, 3.05) is 6.54 Å². The van der Waals surface area contributed by atoms with Crippen LogP contribution in [0.4, 0.5) is 0 Å². The molecule has 0 bridgehead atoms. The minimum atomic E-state index is -0.534. The van der Waals surface area contributed by atoms with Crippen LogP contribution in [0.1, 0.15) is 5.56 Å².